The molecule has 1 heterocycles. The summed E-state index contributed by atoms with van der Waals surface area (Å²) < 4.78 is 50.7. The standard InChI is InChI=1S/C13H10ClF4N3/c1-7(8-2-4-9(15)5-3-8)19-11-6-10(13(16,17)18)20-12(14)21-11/h2-7H,1H3,(H,19,20,21). The molecule has 112 valence electrons. The Bertz CT molecular complexity index is 628. The molecule has 0 saturated carbocycles. The highest BCUT2D eigenvalue weighted by Crippen LogP contribution is 2.30. The predicted octanol–water partition coefficient (Wildman–Crippen LogP) is 4.46. The molecule has 0 bridgehead atoms. The summed E-state index contributed by atoms with van der Waals surface area (Å²) in [5, 5.41) is 2.27. The zero-order chi connectivity index (χ0) is 15.6. The molecular weight excluding hydrogens is 310 g/mol. The minimum absolute atomic E-state index is 0.0563. The van der Waals surface area contributed by atoms with Gasteiger partial charge in [0.1, 0.15) is 11.6 Å². The van der Waals surface area contributed by atoms with Gasteiger partial charge >= 0.3 is 6.18 Å². The van der Waals surface area contributed by atoms with Crippen molar-refractivity contribution < 1.29 is 17.6 Å². The molecule has 1 N–H and O–H groups in total. The van der Waals surface area contributed by atoms with Gasteiger partial charge in [0, 0.05) is 12.1 Å². The van der Waals surface area contributed by atoms with Crippen LogP contribution in [0.15, 0.2) is 30.3 Å². The maximum atomic E-state index is 12.8. The quantitative estimate of drug-likeness (QED) is 0.670. The number of rotatable bonds is 3. The maximum Gasteiger partial charge on any atom is 0.433 e. The van der Waals surface area contributed by atoms with E-state index in [0.717, 1.165) is 6.07 Å². The van der Waals surface area contributed by atoms with Crippen LogP contribution in [0.3, 0.4) is 0 Å². The zero-order valence-electron chi connectivity index (χ0n) is 10.7. The highest BCUT2D eigenvalue weighted by molar-refractivity contribution is 6.28. The van der Waals surface area contributed by atoms with Crippen LogP contribution in [0.25, 0.3) is 0 Å². The van der Waals surface area contributed by atoms with Gasteiger partial charge in [0.15, 0.2) is 5.69 Å². The zero-order valence-corrected chi connectivity index (χ0v) is 11.5. The van der Waals surface area contributed by atoms with Gasteiger partial charge in [0.25, 0.3) is 0 Å². The van der Waals surface area contributed by atoms with Gasteiger partial charge in [-0.15, -0.1) is 0 Å². The lowest BCUT2D eigenvalue weighted by molar-refractivity contribution is -0.141. The second kappa shape index (κ2) is 5.85. The number of halogens is 5. The lowest BCUT2D eigenvalue weighted by Gasteiger charge is -2.16. The fourth-order valence-corrected chi connectivity index (χ4v) is 1.88. The van der Waals surface area contributed by atoms with Crippen molar-refractivity contribution in [3.8, 4) is 0 Å². The Kier molecular flexibility index (Phi) is 4.32. The van der Waals surface area contributed by atoms with Crippen LogP contribution in [-0.4, -0.2) is 9.97 Å². The first kappa shape index (κ1) is 15.5. The maximum absolute atomic E-state index is 12.8. The van der Waals surface area contributed by atoms with Crippen molar-refractivity contribution in [1.82, 2.24) is 9.97 Å². The number of hydrogen-bond acceptors (Lipinski definition) is 3. The first-order valence-electron chi connectivity index (χ1n) is 5.89. The third-order valence-corrected chi connectivity index (χ3v) is 2.89. The average Bonchev–Trinajstić information content (AvgIpc) is 2.37. The number of nitrogens with zero attached hydrogens (tertiary/aromatic N) is 2. The van der Waals surface area contributed by atoms with Gasteiger partial charge in [-0.1, -0.05) is 12.1 Å². The van der Waals surface area contributed by atoms with Crippen LogP contribution in [0.1, 0.15) is 24.2 Å². The van der Waals surface area contributed by atoms with E-state index in [4.69, 9.17) is 11.6 Å². The highest BCUT2D eigenvalue weighted by atomic mass is 35.5. The third kappa shape index (κ3) is 4.04. The van der Waals surface area contributed by atoms with Crippen molar-refractivity contribution in [3.63, 3.8) is 0 Å². The smallest absolute Gasteiger partial charge is 0.363 e. The van der Waals surface area contributed by atoms with Gasteiger partial charge in [0.05, 0.1) is 0 Å². The van der Waals surface area contributed by atoms with Gasteiger partial charge in [-0.2, -0.15) is 13.2 Å². The lowest BCUT2D eigenvalue weighted by Crippen LogP contribution is -2.13. The Morgan fingerprint density at radius 2 is 1.76 bits per heavy atom. The summed E-state index contributed by atoms with van der Waals surface area (Å²) in [6.07, 6.45) is -4.61. The highest BCUT2D eigenvalue weighted by Gasteiger charge is 2.33. The number of nitrogens with one attached hydrogen (secondary N) is 1. The Labute approximate surface area is 123 Å². The first-order chi connectivity index (χ1) is 9.75. The van der Waals surface area contributed by atoms with Crippen LogP contribution in [0.4, 0.5) is 23.4 Å². The van der Waals surface area contributed by atoms with E-state index in [-0.39, 0.29) is 11.9 Å². The van der Waals surface area contributed by atoms with E-state index in [9.17, 15) is 17.6 Å². The summed E-state index contributed by atoms with van der Waals surface area (Å²) in [5.41, 5.74) is -0.434. The molecular formula is C13H10ClF4N3. The SMILES string of the molecule is CC(Nc1cc(C(F)(F)F)nc(Cl)n1)c1ccc(F)cc1. The van der Waals surface area contributed by atoms with E-state index < -0.39 is 23.0 Å². The van der Waals surface area contributed by atoms with Crippen molar-refractivity contribution in [1.29, 1.82) is 0 Å². The molecule has 0 fully saturated rings. The molecule has 0 radical (unpaired) electrons. The summed E-state index contributed by atoms with van der Waals surface area (Å²) >= 11 is 5.49. The first-order valence-corrected chi connectivity index (χ1v) is 6.27. The minimum atomic E-state index is -4.61. The third-order valence-electron chi connectivity index (χ3n) is 2.72. The van der Waals surface area contributed by atoms with E-state index >= 15 is 0 Å². The number of aromatic nitrogens is 2. The Balaban J connectivity index is 2.23. The van der Waals surface area contributed by atoms with E-state index in [2.05, 4.69) is 15.3 Å². The molecule has 1 atom stereocenters. The Morgan fingerprint density at radius 1 is 1.14 bits per heavy atom. The summed E-state index contributed by atoms with van der Waals surface area (Å²) in [6.45, 7) is 1.70. The molecule has 1 unspecified atom stereocenters. The predicted molar refractivity (Wildman–Crippen MR) is 70.5 cm³/mol. The van der Waals surface area contributed by atoms with Crippen molar-refractivity contribution in [2.75, 3.05) is 5.32 Å². The number of benzene rings is 1. The molecule has 2 rings (SSSR count). The van der Waals surface area contributed by atoms with Gasteiger partial charge < -0.3 is 5.32 Å². The molecule has 3 nitrogen and oxygen atoms in total. The van der Waals surface area contributed by atoms with Crippen LogP contribution in [0.2, 0.25) is 5.28 Å². The van der Waals surface area contributed by atoms with Gasteiger partial charge in [0.2, 0.25) is 5.28 Å². The van der Waals surface area contributed by atoms with E-state index in [0.29, 0.717) is 5.56 Å². The molecule has 0 saturated heterocycles. The molecule has 0 spiro atoms. The monoisotopic (exact) mass is 319 g/mol. The van der Waals surface area contributed by atoms with Crippen molar-refractivity contribution >= 4 is 17.4 Å². The van der Waals surface area contributed by atoms with E-state index in [1.165, 1.54) is 24.3 Å². The number of anilines is 1. The summed E-state index contributed by atoms with van der Waals surface area (Å²) in [7, 11) is 0. The topological polar surface area (TPSA) is 37.8 Å². The van der Waals surface area contributed by atoms with Gasteiger partial charge in [-0.25, -0.2) is 14.4 Å². The molecule has 0 aliphatic rings. The molecule has 2 aromatic rings. The fraction of sp³-hybridized carbons (Fsp3) is 0.231. The number of alkyl halides is 3. The minimum Gasteiger partial charge on any atom is -0.363 e. The molecule has 0 aliphatic carbocycles. The molecule has 0 aliphatic heterocycles. The second-order valence-electron chi connectivity index (χ2n) is 4.32. The van der Waals surface area contributed by atoms with Crippen LogP contribution in [0, 0.1) is 5.82 Å². The molecule has 21 heavy (non-hydrogen) atoms. The molecule has 1 aromatic heterocycles. The largest absolute Gasteiger partial charge is 0.433 e. The molecule has 1 aromatic carbocycles. The van der Waals surface area contributed by atoms with Crippen molar-refractivity contribution in [2.24, 2.45) is 0 Å². The van der Waals surface area contributed by atoms with Crippen LogP contribution in [0.5, 0.6) is 0 Å². The summed E-state index contributed by atoms with van der Waals surface area (Å²) in [6, 6.07) is 5.98. The van der Waals surface area contributed by atoms with Crippen LogP contribution < -0.4 is 5.32 Å². The van der Waals surface area contributed by atoms with Crippen LogP contribution in [-0.2, 0) is 6.18 Å². The van der Waals surface area contributed by atoms with Crippen molar-refractivity contribution in [3.05, 3.63) is 52.7 Å². The van der Waals surface area contributed by atoms with Crippen LogP contribution >= 0.6 is 11.6 Å². The molecule has 0 amide bonds. The Hall–Kier alpha value is -1.89. The van der Waals surface area contributed by atoms with E-state index in [1.807, 2.05) is 0 Å². The van der Waals surface area contributed by atoms with Crippen molar-refractivity contribution in [2.45, 2.75) is 19.1 Å². The number of hydrogen-bond donors (Lipinski definition) is 1. The molecule has 8 heteroatoms. The lowest BCUT2D eigenvalue weighted by atomic mass is 10.1. The fourth-order valence-electron chi connectivity index (χ4n) is 1.69. The second-order valence-corrected chi connectivity index (χ2v) is 4.66. The normalized spacial score (nSPS) is 13.0. The summed E-state index contributed by atoms with van der Waals surface area (Å²) in [5.74, 6) is -0.450. The van der Waals surface area contributed by atoms with Gasteiger partial charge in [-0.05, 0) is 36.2 Å². The average molecular weight is 320 g/mol. The summed E-state index contributed by atoms with van der Waals surface area (Å²) in [4.78, 5) is 6.84. The van der Waals surface area contributed by atoms with E-state index in [1.54, 1.807) is 6.92 Å². The Morgan fingerprint density at radius 3 is 2.33 bits per heavy atom. The van der Waals surface area contributed by atoms with Gasteiger partial charge in [-0.3, -0.25) is 0 Å².